The molecule has 0 saturated carbocycles. The highest BCUT2D eigenvalue weighted by Gasteiger charge is 2.17. The number of methoxy groups -OCH3 is 1. The van der Waals surface area contributed by atoms with E-state index in [0.717, 1.165) is 18.6 Å². The molecule has 0 fully saturated rings. The molecule has 0 aliphatic rings. The summed E-state index contributed by atoms with van der Waals surface area (Å²) in [5.41, 5.74) is 3.86. The van der Waals surface area contributed by atoms with E-state index in [0.29, 0.717) is 6.04 Å². The van der Waals surface area contributed by atoms with Crippen LogP contribution in [0.15, 0.2) is 29.6 Å². The molecule has 21 heavy (non-hydrogen) atoms. The molecule has 0 radical (unpaired) electrons. The van der Waals surface area contributed by atoms with E-state index < -0.39 is 0 Å². The topological polar surface area (TPSA) is 21.3 Å². The number of benzene rings is 1. The lowest BCUT2D eigenvalue weighted by atomic mass is 9.94. The summed E-state index contributed by atoms with van der Waals surface area (Å²) in [5.74, 6) is 1.00. The zero-order chi connectivity index (χ0) is 15.2. The number of rotatable bonds is 7. The molecule has 0 aliphatic heterocycles. The predicted molar refractivity (Wildman–Crippen MR) is 91.5 cm³/mol. The van der Waals surface area contributed by atoms with E-state index in [1.807, 2.05) is 18.4 Å². The van der Waals surface area contributed by atoms with Crippen LogP contribution in [0.1, 0.15) is 40.5 Å². The number of aryl methyl sites for hydroxylation is 3. The molecule has 1 aromatic heterocycles. The molecule has 2 aromatic rings. The standard InChI is InChI=1S/C18H25NOS/c1-13-11-14(2)18(17(12-13)20-4)16(19-3)9-5-7-15-8-6-10-21-15/h6,8,10-12,16,19H,5,7,9H2,1-4H3. The van der Waals surface area contributed by atoms with Crippen molar-refractivity contribution in [2.75, 3.05) is 14.2 Å². The fourth-order valence-electron chi connectivity index (χ4n) is 2.92. The zero-order valence-electron chi connectivity index (χ0n) is 13.4. The Labute approximate surface area is 132 Å². The van der Waals surface area contributed by atoms with Crippen LogP contribution in [0.4, 0.5) is 0 Å². The summed E-state index contributed by atoms with van der Waals surface area (Å²) in [6.07, 6.45) is 3.46. The fourth-order valence-corrected chi connectivity index (χ4v) is 3.67. The minimum Gasteiger partial charge on any atom is -0.496 e. The molecule has 1 aromatic carbocycles. The second kappa shape index (κ2) is 7.62. The van der Waals surface area contributed by atoms with Crippen LogP contribution in [0.25, 0.3) is 0 Å². The van der Waals surface area contributed by atoms with Gasteiger partial charge in [0.15, 0.2) is 0 Å². The van der Waals surface area contributed by atoms with Crippen molar-refractivity contribution in [3.05, 3.63) is 51.2 Å². The first-order chi connectivity index (χ1) is 10.2. The van der Waals surface area contributed by atoms with E-state index in [1.54, 1.807) is 7.11 Å². The molecule has 2 nitrogen and oxygen atoms in total. The average Bonchev–Trinajstić information content (AvgIpc) is 2.97. The first-order valence-electron chi connectivity index (χ1n) is 7.50. The van der Waals surface area contributed by atoms with Crippen LogP contribution in [-0.4, -0.2) is 14.2 Å². The number of hydrogen-bond donors (Lipinski definition) is 1. The third-order valence-electron chi connectivity index (χ3n) is 3.91. The summed E-state index contributed by atoms with van der Waals surface area (Å²) >= 11 is 1.85. The lowest BCUT2D eigenvalue weighted by molar-refractivity contribution is 0.396. The van der Waals surface area contributed by atoms with Crippen LogP contribution >= 0.6 is 11.3 Å². The Hall–Kier alpha value is -1.32. The Bertz CT molecular complexity index is 563. The molecule has 3 heteroatoms. The Morgan fingerprint density at radius 3 is 2.71 bits per heavy atom. The summed E-state index contributed by atoms with van der Waals surface area (Å²) < 4.78 is 5.60. The normalized spacial score (nSPS) is 12.4. The van der Waals surface area contributed by atoms with E-state index in [4.69, 9.17) is 4.74 Å². The average molecular weight is 303 g/mol. The van der Waals surface area contributed by atoms with E-state index in [2.05, 4.69) is 48.8 Å². The quantitative estimate of drug-likeness (QED) is 0.803. The Morgan fingerprint density at radius 1 is 1.29 bits per heavy atom. The third kappa shape index (κ3) is 4.08. The Kier molecular flexibility index (Phi) is 5.83. The van der Waals surface area contributed by atoms with Gasteiger partial charge < -0.3 is 10.1 Å². The maximum atomic E-state index is 5.60. The maximum Gasteiger partial charge on any atom is 0.124 e. The first-order valence-corrected chi connectivity index (χ1v) is 8.38. The molecule has 0 spiro atoms. The van der Waals surface area contributed by atoms with Gasteiger partial charge in [0.2, 0.25) is 0 Å². The summed E-state index contributed by atoms with van der Waals surface area (Å²) in [6.45, 7) is 4.29. The predicted octanol–water partition coefficient (Wildman–Crippen LogP) is 4.66. The first kappa shape index (κ1) is 16.1. The molecule has 114 valence electrons. The van der Waals surface area contributed by atoms with Crippen molar-refractivity contribution in [3.8, 4) is 5.75 Å². The second-order valence-electron chi connectivity index (χ2n) is 5.51. The maximum absolute atomic E-state index is 5.60. The van der Waals surface area contributed by atoms with Crippen LogP contribution in [0.2, 0.25) is 0 Å². The Balaban J connectivity index is 2.09. The number of nitrogens with one attached hydrogen (secondary N) is 1. The lowest BCUT2D eigenvalue weighted by Gasteiger charge is -2.22. The smallest absolute Gasteiger partial charge is 0.124 e. The van der Waals surface area contributed by atoms with Crippen molar-refractivity contribution < 1.29 is 4.74 Å². The molecule has 2 rings (SSSR count). The SMILES string of the molecule is CNC(CCCc1cccs1)c1c(C)cc(C)cc1OC. The van der Waals surface area contributed by atoms with Gasteiger partial charge >= 0.3 is 0 Å². The highest BCUT2D eigenvalue weighted by Crippen LogP contribution is 2.32. The van der Waals surface area contributed by atoms with Gasteiger partial charge in [0.05, 0.1) is 7.11 Å². The number of ether oxygens (including phenoxy) is 1. The number of hydrogen-bond acceptors (Lipinski definition) is 3. The molecule has 1 unspecified atom stereocenters. The highest BCUT2D eigenvalue weighted by atomic mass is 32.1. The molecule has 1 atom stereocenters. The minimum absolute atomic E-state index is 0.348. The van der Waals surface area contributed by atoms with Crippen molar-refractivity contribution in [2.45, 2.75) is 39.2 Å². The van der Waals surface area contributed by atoms with Gasteiger partial charge in [-0.3, -0.25) is 0 Å². The van der Waals surface area contributed by atoms with Gasteiger partial charge in [0.25, 0.3) is 0 Å². The van der Waals surface area contributed by atoms with Gasteiger partial charge in [-0.15, -0.1) is 11.3 Å². The largest absolute Gasteiger partial charge is 0.496 e. The third-order valence-corrected chi connectivity index (χ3v) is 4.84. The van der Waals surface area contributed by atoms with Crippen LogP contribution < -0.4 is 10.1 Å². The molecule has 0 saturated heterocycles. The molecule has 1 heterocycles. The van der Waals surface area contributed by atoms with Gasteiger partial charge in [-0.1, -0.05) is 12.1 Å². The van der Waals surface area contributed by atoms with Crippen LogP contribution in [0, 0.1) is 13.8 Å². The van der Waals surface area contributed by atoms with Crippen molar-refractivity contribution in [2.24, 2.45) is 0 Å². The highest BCUT2D eigenvalue weighted by molar-refractivity contribution is 7.09. The van der Waals surface area contributed by atoms with E-state index in [9.17, 15) is 0 Å². The lowest BCUT2D eigenvalue weighted by Crippen LogP contribution is -2.18. The van der Waals surface area contributed by atoms with Crippen molar-refractivity contribution in [3.63, 3.8) is 0 Å². The molecule has 0 amide bonds. The molecule has 0 bridgehead atoms. The van der Waals surface area contributed by atoms with E-state index in [1.165, 1.54) is 28.0 Å². The fraction of sp³-hybridized carbons (Fsp3) is 0.444. The van der Waals surface area contributed by atoms with Gasteiger partial charge in [0, 0.05) is 16.5 Å². The number of thiophene rings is 1. The van der Waals surface area contributed by atoms with Crippen molar-refractivity contribution in [1.29, 1.82) is 0 Å². The van der Waals surface area contributed by atoms with E-state index >= 15 is 0 Å². The van der Waals surface area contributed by atoms with Gasteiger partial charge in [-0.2, -0.15) is 0 Å². The summed E-state index contributed by atoms with van der Waals surface area (Å²) in [4.78, 5) is 1.47. The van der Waals surface area contributed by atoms with Crippen molar-refractivity contribution in [1.82, 2.24) is 5.32 Å². The van der Waals surface area contributed by atoms with Crippen molar-refractivity contribution >= 4 is 11.3 Å². The summed E-state index contributed by atoms with van der Waals surface area (Å²) in [5, 5.41) is 5.61. The summed E-state index contributed by atoms with van der Waals surface area (Å²) in [6, 6.07) is 9.06. The zero-order valence-corrected chi connectivity index (χ0v) is 14.2. The van der Waals surface area contributed by atoms with Crippen LogP contribution in [-0.2, 0) is 6.42 Å². The minimum atomic E-state index is 0.348. The van der Waals surface area contributed by atoms with Gasteiger partial charge in [-0.05, 0) is 68.8 Å². The second-order valence-corrected chi connectivity index (χ2v) is 6.54. The van der Waals surface area contributed by atoms with Crippen LogP contribution in [0.3, 0.4) is 0 Å². The molecular formula is C18H25NOS. The monoisotopic (exact) mass is 303 g/mol. The molecule has 0 aliphatic carbocycles. The van der Waals surface area contributed by atoms with Crippen LogP contribution in [0.5, 0.6) is 5.75 Å². The van der Waals surface area contributed by atoms with E-state index in [-0.39, 0.29) is 0 Å². The molecular weight excluding hydrogens is 278 g/mol. The Morgan fingerprint density at radius 2 is 2.10 bits per heavy atom. The van der Waals surface area contributed by atoms with Gasteiger partial charge in [0.1, 0.15) is 5.75 Å². The summed E-state index contributed by atoms with van der Waals surface area (Å²) in [7, 11) is 3.80. The van der Waals surface area contributed by atoms with Gasteiger partial charge in [-0.25, -0.2) is 0 Å². The molecule has 1 N–H and O–H groups in total.